The van der Waals surface area contributed by atoms with E-state index < -0.39 is 5.82 Å². The van der Waals surface area contributed by atoms with Crippen molar-refractivity contribution in [2.45, 2.75) is 24.7 Å². The van der Waals surface area contributed by atoms with Crippen LogP contribution >= 0.6 is 0 Å². The third-order valence-corrected chi connectivity index (χ3v) is 3.03. The van der Waals surface area contributed by atoms with Crippen LogP contribution in [0, 0.1) is 5.82 Å². The van der Waals surface area contributed by atoms with Crippen LogP contribution in [-0.4, -0.2) is 11.7 Å². The van der Waals surface area contributed by atoms with E-state index in [1.807, 2.05) is 0 Å². The minimum Gasteiger partial charge on any atom is -0.505 e. The maximum absolute atomic E-state index is 13.1. The highest BCUT2D eigenvalue weighted by Gasteiger charge is 2.45. The molecule has 0 saturated heterocycles. The Bertz CT molecular complexity index is 347. The number of rotatable bonds is 3. The molecular weight excluding hydrogens is 181 g/mol. The molecule has 14 heavy (non-hydrogen) atoms. The number of nitrogens with two attached hydrogens (primary N) is 1. The molecule has 0 spiro atoms. The minimum absolute atomic E-state index is 0.0407. The van der Waals surface area contributed by atoms with Crippen molar-refractivity contribution >= 4 is 0 Å². The fraction of sp³-hybridized carbons (Fsp3) is 0.455. The lowest BCUT2D eigenvalue weighted by Crippen LogP contribution is -2.13. The molecule has 1 aliphatic rings. The second-order valence-corrected chi connectivity index (χ2v) is 3.96. The Kier molecular flexibility index (Phi) is 2.19. The molecule has 0 heterocycles. The monoisotopic (exact) mass is 195 g/mol. The van der Waals surface area contributed by atoms with Crippen molar-refractivity contribution in [1.29, 1.82) is 0 Å². The highest BCUT2D eigenvalue weighted by molar-refractivity contribution is 5.43. The molecule has 0 aromatic heterocycles. The molecule has 1 fully saturated rings. The van der Waals surface area contributed by atoms with E-state index in [1.165, 1.54) is 6.07 Å². The zero-order valence-electron chi connectivity index (χ0n) is 7.96. The van der Waals surface area contributed by atoms with E-state index in [9.17, 15) is 9.50 Å². The summed E-state index contributed by atoms with van der Waals surface area (Å²) in [6, 6.07) is 4.71. The maximum Gasteiger partial charge on any atom is 0.165 e. The summed E-state index contributed by atoms with van der Waals surface area (Å²) in [6.45, 7) is 0.579. The van der Waals surface area contributed by atoms with Crippen molar-refractivity contribution in [3.05, 3.63) is 29.6 Å². The fourth-order valence-electron chi connectivity index (χ4n) is 2.02. The van der Waals surface area contributed by atoms with Gasteiger partial charge in [-0.05, 0) is 31.9 Å². The largest absolute Gasteiger partial charge is 0.505 e. The summed E-state index contributed by atoms with van der Waals surface area (Å²) >= 11 is 0. The quantitative estimate of drug-likeness (QED) is 0.773. The number of phenols is 1. The number of hydrogen-bond acceptors (Lipinski definition) is 2. The topological polar surface area (TPSA) is 46.2 Å². The number of phenolic OH excluding ortho intramolecular Hbond substituents is 1. The van der Waals surface area contributed by atoms with Crippen LogP contribution in [0.15, 0.2) is 18.2 Å². The molecule has 2 nitrogen and oxygen atoms in total. The fourth-order valence-corrected chi connectivity index (χ4v) is 2.02. The highest BCUT2D eigenvalue weighted by Crippen LogP contribution is 2.53. The average molecular weight is 195 g/mol. The molecule has 0 radical (unpaired) electrons. The van der Waals surface area contributed by atoms with Crippen molar-refractivity contribution in [2.75, 3.05) is 6.54 Å². The smallest absolute Gasteiger partial charge is 0.165 e. The first-order chi connectivity index (χ1) is 6.69. The zero-order valence-corrected chi connectivity index (χ0v) is 7.96. The van der Waals surface area contributed by atoms with Crippen LogP contribution in [0.25, 0.3) is 0 Å². The summed E-state index contributed by atoms with van der Waals surface area (Å²) in [5.41, 5.74) is 6.19. The molecule has 76 valence electrons. The van der Waals surface area contributed by atoms with Crippen LogP contribution in [0.3, 0.4) is 0 Å². The van der Waals surface area contributed by atoms with Crippen LogP contribution in [-0.2, 0) is 5.41 Å². The Morgan fingerprint density at radius 2 is 2.14 bits per heavy atom. The van der Waals surface area contributed by atoms with E-state index in [0.29, 0.717) is 6.54 Å². The molecule has 1 saturated carbocycles. The average Bonchev–Trinajstić information content (AvgIpc) is 2.91. The van der Waals surface area contributed by atoms with Crippen LogP contribution in [0.1, 0.15) is 24.8 Å². The minimum atomic E-state index is -0.536. The third-order valence-electron chi connectivity index (χ3n) is 3.03. The van der Waals surface area contributed by atoms with Crippen molar-refractivity contribution in [3.63, 3.8) is 0 Å². The molecule has 2 rings (SSSR count). The van der Waals surface area contributed by atoms with Crippen LogP contribution < -0.4 is 5.73 Å². The van der Waals surface area contributed by atoms with E-state index in [1.54, 1.807) is 12.1 Å². The van der Waals surface area contributed by atoms with Gasteiger partial charge >= 0.3 is 0 Å². The normalized spacial score (nSPS) is 18.1. The van der Waals surface area contributed by atoms with Gasteiger partial charge in [0.05, 0.1) is 0 Å². The number of para-hydroxylation sites is 1. The molecule has 0 atom stereocenters. The van der Waals surface area contributed by atoms with Gasteiger partial charge in [0.1, 0.15) is 0 Å². The number of hydrogen-bond donors (Lipinski definition) is 2. The SMILES string of the molecule is NCCC1(c2cccc(F)c2O)CC1. The molecule has 1 aliphatic carbocycles. The van der Waals surface area contributed by atoms with E-state index in [-0.39, 0.29) is 11.2 Å². The Morgan fingerprint density at radius 1 is 1.43 bits per heavy atom. The van der Waals surface area contributed by atoms with E-state index in [2.05, 4.69) is 0 Å². The maximum atomic E-state index is 13.1. The summed E-state index contributed by atoms with van der Waals surface area (Å²) in [7, 11) is 0. The van der Waals surface area contributed by atoms with Crippen LogP contribution in [0.4, 0.5) is 4.39 Å². The Balaban J connectivity index is 2.37. The van der Waals surface area contributed by atoms with E-state index >= 15 is 0 Å². The lowest BCUT2D eigenvalue weighted by Gasteiger charge is -2.15. The first-order valence-electron chi connectivity index (χ1n) is 4.88. The molecule has 3 N–H and O–H groups in total. The number of benzene rings is 1. The van der Waals surface area contributed by atoms with Gasteiger partial charge in [-0.3, -0.25) is 0 Å². The van der Waals surface area contributed by atoms with Gasteiger partial charge in [0, 0.05) is 11.0 Å². The summed E-state index contributed by atoms with van der Waals surface area (Å²) in [5.74, 6) is -0.732. The second-order valence-electron chi connectivity index (χ2n) is 3.96. The van der Waals surface area contributed by atoms with Gasteiger partial charge in [0.25, 0.3) is 0 Å². The summed E-state index contributed by atoms with van der Waals surface area (Å²) in [6.07, 6.45) is 2.83. The number of aromatic hydroxyl groups is 1. The molecule has 0 unspecified atom stereocenters. The molecule has 0 aliphatic heterocycles. The lowest BCUT2D eigenvalue weighted by atomic mass is 9.91. The molecule has 0 bridgehead atoms. The van der Waals surface area contributed by atoms with Crippen LogP contribution in [0.2, 0.25) is 0 Å². The van der Waals surface area contributed by atoms with Crippen LogP contribution in [0.5, 0.6) is 5.75 Å². The van der Waals surface area contributed by atoms with Crippen molar-refractivity contribution < 1.29 is 9.50 Å². The second kappa shape index (κ2) is 3.24. The molecule has 1 aromatic carbocycles. The molecular formula is C11H14FNO. The van der Waals surface area contributed by atoms with Gasteiger partial charge in [0.15, 0.2) is 11.6 Å². The standard InChI is InChI=1S/C11H14FNO/c12-9-3-1-2-8(10(9)14)11(4-5-11)6-7-13/h1-3,14H,4-7,13H2. The van der Waals surface area contributed by atoms with E-state index in [4.69, 9.17) is 5.73 Å². The van der Waals surface area contributed by atoms with Gasteiger partial charge in [-0.15, -0.1) is 0 Å². The molecule has 1 aromatic rings. The van der Waals surface area contributed by atoms with Crippen molar-refractivity contribution in [3.8, 4) is 5.75 Å². The summed E-state index contributed by atoms with van der Waals surface area (Å²) in [5, 5.41) is 9.58. The van der Waals surface area contributed by atoms with Gasteiger partial charge in [0.2, 0.25) is 0 Å². The summed E-state index contributed by atoms with van der Waals surface area (Å²) < 4.78 is 13.1. The summed E-state index contributed by atoms with van der Waals surface area (Å²) in [4.78, 5) is 0. The molecule has 3 heteroatoms. The third kappa shape index (κ3) is 1.38. The van der Waals surface area contributed by atoms with Crippen molar-refractivity contribution in [2.24, 2.45) is 5.73 Å². The zero-order chi connectivity index (χ0) is 10.2. The van der Waals surface area contributed by atoms with Gasteiger partial charge in [-0.1, -0.05) is 12.1 Å². The predicted octanol–water partition coefficient (Wildman–Crippen LogP) is 1.91. The Morgan fingerprint density at radius 3 is 2.71 bits per heavy atom. The van der Waals surface area contributed by atoms with Gasteiger partial charge < -0.3 is 10.8 Å². The van der Waals surface area contributed by atoms with Crippen molar-refractivity contribution in [1.82, 2.24) is 0 Å². The predicted molar refractivity (Wildman–Crippen MR) is 52.6 cm³/mol. The molecule has 0 amide bonds. The van der Waals surface area contributed by atoms with E-state index in [0.717, 1.165) is 24.8 Å². The van der Waals surface area contributed by atoms with Gasteiger partial charge in [-0.2, -0.15) is 0 Å². The Labute approximate surface area is 82.5 Å². The highest BCUT2D eigenvalue weighted by atomic mass is 19.1. The lowest BCUT2D eigenvalue weighted by molar-refractivity contribution is 0.416. The first-order valence-corrected chi connectivity index (χ1v) is 4.88. The Hall–Kier alpha value is -1.09. The first kappa shape index (κ1) is 9.46. The number of halogens is 1. The van der Waals surface area contributed by atoms with Gasteiger partial charge in [-0.25, -0.2) is 4.39 Å².